The summed E-state index contributed by atoms with van der Waals surface area (Å²) in [5.74, 6) is 0.0351. The van der Waals surface area contributed by atoms with Crippen molar-refractivity contribution in [2.24, 2.45) is 0 Å². The van der Waals surface area contributed by atoms with Crippen molar-refractivity contribution in [2.75, 3.05) is 27.2 Å². The highest BCUT2D eigenvalue weighted by molar-refractivity contribution is 5.83. The Balaban J connectivity index is 1.72. The Bertz CT molecular complexity index is 678. The Labute approximate surface area is 141 Å². The van der Waals surface area contributed by atoms with E-state index in [1.165, 1.54) is 6.07 Å². The number of piperidine rings is 1. The highest BCUT2D eigenvalue weighted by Crippen LogP contribution is 2.29. The second kappa shape index (κ2) is 7.13. The number of H-pyrrole nitrogens is 1. The SMILES string of the molecule is CN(C)[C@@H](C(=O)N1CCC(c2ccn[nH]2)CC1)c1ccccc1F. The quantitative estimate of drug-likeness (QED) is 0.937. The van der Waals surface area contributed by atoms with E-state index in [1.807, 2.05) is 25.1 Å². The van der Waals surface area contributed by atoms with Gasteiger partial charge < -0.3 is 4.90 Å². The molecule has 1 fully saturated rings. The molecule has 0 saturated carbocycles. The maximum atomic E-state index is 14.2. The van der Waals surface area contributed by atoms with E-state index in [2.05, 4.69) is 10.2 Å². The number of aromatic amines is 1. The number of amides is 1. The van der Waals surface area contributed by atoms with Crippen LogP contribution in [0.2, 0.25) is 0 Å². The summed E-state index contributed by atoms with van der Waals surface area (Å²) < 4.78 is 14.2. The third kappa shape index (κ3) is 3.33. The second-order valence-corrected chi connectivity index (χ2v) is 6.50. The standard InChI is InChI=1S/C18H23FN4O/c1-22(2)17(14-5-3-4-6-15(14)19)18(24)23-11-8-13(9-12-23)16-7-10-20-21-16/h3-7,10,13,17H,8-9,11-12H2,1-2H3,(H,20,21)/t17-/m1/s1. The summed E-state index contributed by atoms with van der Waals surface area (Å²) in [6.07, 6.45) is 3.55. The van der Waals surface area contributed by atoms with Crippen molar-refractivity contribution < 1.29 is 9.18 Å². The van der Waals surface area contributed by atoms with Gasteiger partial charge in [-0.15, -0.1) is 0 Å². The van der Waals surface area contributed by atoms with Crippen LogP contribution in [0.25, 0.3) is 0 Å². The number of hydrogen-bond donors (Lipinski definition) is 1. The molecule has 1 atom stereocenters. The lowest BCUT2D eigenvalue weighted by atomic mass is 9.92. The first kappa shape index (κ1) is 16.6. The number of carbonyl (C=O) groups is 1. The first-order valence-electron chi connectivity index (χ1n) is 8.27. The van der Waals surface area contributed by atoms with Gasteiger partial charge in [-0.05, 0) is 39.1 Å². The number of benzene rings is 1. The lowest BCUT2D eigenvalue weighted by Gasteiger charge is -2.35. The second-order valence-electron chi connectivity index (χ2n) is 6.50. The Hall–Kier alpha value is -2.21. The van der Waals surface area contributed by atoms with Gasteiger partial charge in [0.1, 0.15) is 11.9 Å². The van der Waals surface area contributed by atoms with Gasteiger partial charge in [-0.25, -0.2) is 4.39 Å². The highest BCUT2D eigenvalue weighted by atomic mass is 19.1. The third-order valence-corrected chi connectivity index (χ3v) is 4.72. The van der Waals surface area contributed by atoms with Gasteiger partial charge >= 0.3 is 0 Å². The minimum atomic E-state index is -0.588. The molecule has 1 aromatic heterocycles. The van der Waals surface area contributed by atoms with Crippen molar-refractivity contribution in [1.82, 2.24) is 20.0 Å². The molecule has 1 amide bonds. The van der Waals surface area contributed by atoms with Crippen molar-refractivity contribution in [3.63, 3.8) is 0 Å². The van der Waals surface area contributed by atoms with Crippen LogP contribution in [0.15, 0.2) is 36.5 Å². The molecule has 1 N–H and O–H groups in total. The maximum Gasteiger partial charge on any atom is 0.244 e. The summed E-state index contributed by atoms with van der Waals surface area (Å²) in [4.78, 5) is 16.6. The molecule has 2 heterocycles. The average molecular weight is 330 g/mol. The lowest BCUT2D eigenvalue weighted by Crippen LogP contribution is -2.44. The van der Waals surface area contributed by atoms with Gasteiger partial charge in [0.05, 0.1) is 0 Å². The zero-order chi connectivity index (χ0) is 17.1. The van der Waals surface area contributed by atoms with Crippen molar-refractivity contribution >= 4 is 5.91 Å². The fourth-order valence-corrected chi connectivity index (χ4v) is 3.41. The van der Waals surface area contributed by atoms with Gasteiger partial charge in [-0.1, -0.05) is 18.2 Å². The minimum absolute atomic E-state index is 0.0341. The van der Waals surface area contributed by atoms with E-state index in [9.17, 15) is 9.18 Å². The minimum Gasteiger partial charge on any atom is -0.341 e. The predicted molar refractivity (Wildman–Crippen MR) is 90.0 cm³/mol. The molecule has 0 aliphatic carbocycles. The maximum absolute atomic E-state index is 14.2. The number of hydrogen-bond acceptors (Lipinski definition) is 3. The van der Waals surface area contributed by atoms with E-state index >= 15 is 0 Å². The molecule has 1 saturated heterocycles. The number of nitrogens with zero attached hydrogens (tertiary/aromatic N) is 3. The molecule has 128 valence electrons. The van der Waals surface area contributed by atoms with Crippen LogP contribution in [0.5, 0.6) is 0 Å². The fraction of sp³-hybridized carbons (Fsp3) is 0.444. The monoisotopic (exact) mass is 330 g/mol. The van der Waals surface area contributed by atoms with E-state index in [4.69, 9.17) is 0 Å². The molecular weight excluding hydrogens is 307 g/mol. The topological polar surface area (TPSA) is 52.2 Å². The summed E-state index contributed by atoms with van der Waals surface area (Å²) in [6, 6.07) is 7.91. The third-order valence-electron chi connectivity index (χ3n) is 4.72. The lowest BCUT2D eigenvalue weighted by molar-refractivity contribution is -0.137. The van der Waals surface area contributed by atoms with Crippen LogP contribution >= 0.6 is 0 Å². The van der Waals surface area contributed by atoms with Crippen molar-refractivity contribution in [2.45, 2.75) is 24.8 Å². The highest BCUT2D eigenvalue weighted by Gasteiger charge is 2.32. The summed E-state index contributed by atoms with van der Waals surface area (Å²) in [5, 5.41) is 7.01. The first-order valence-corrected chi connectivity index (χ1v) is 8.27. The summed E-state index contributed by atoms with van der Waals surface area (Å²) in [5.41, 5.74) is 1.56. The van der Waals surface area contributed by atoms with Crippen LogP contribution in [0.1, 0.15) is 36.1 Å². The molecular formula is C18H23FN4O. The van der Waals surface area contributed by atoms with Gasteiger partial charge in [0, 0.05) is 36.5 Å². The molecule has 0 spiro atoms. The van der Waals surface area contributed by atoms with Gasteiger partial charge in [0.2, 0.25) is 5.91 Å². The number of likely N-dealkylation sites (tertiary alicyclic amines) is 1. The molecule has 0 unspecified atom stereocenters. The molecule has 0 bridgehead atoms. The smallest absolute Gasteiger partial charge is 0.244 e. The largest absolute Gasteiger partial charge is 0.341 e. The number of rotatable bonds is 4. The van der Waals surface area contributed by atoms with Gasteiger partial charge in [0.15, 0.2) is 0 Å². The molecule has 1 aromatic carbocycles. The molecule has 3 rings (SSSR count). The molecule has 1 aliphatic rings. The van der Waals surface area contributed by atoms with Gasteiger partial charge in [-0.3, -0.25) is 14.8 Å². The fourth-order valence-electron chi connectivity index (χ4n) is 3.41. The zero-order valence-corrected chi connectivity index (χ0v) is 14.1. The van der Waals surface area contributed by atoms with Crippen LogP contribution in [0, 0.1) is 5.82 Å². The Morgan fingerprint density at radius 2 is 2.00 bits per heavy atom. The average Bonchev–Trinajstić information content (AvgIpc) is 3.11. The Morgan fingerprint density at radius 3 is 2.58 bits per heavy atom. The van der Waals surface area contributed by atoms with Crippen LogP contribution in [-0.2, 0) is 4.79 Å². The van der Waals surface area contributed by atoms with E-state index in [0.29, 0.717) is 24.6 Å². The van der Waals surface area contributed by atoms with Crippen molar-refractivity contribution in [3.8, 4) is 0 Å². The molecule has 0 radical (unpaired) electrons. The number of aromatic nitrogens is 2. The van der Waals surface area contributed by atoms with Gasteiger partial charge in [0.25, 0.3) is 0 Å². The van der Waals surface area contributed by atoms with Crippen LogP contribution < -0.4 is 0 Å². The number of carbonyl (C=O) groups excluding carboxylic acids is 1. The van der Waals surface area contributed by atoms with E-state index in [-0.39, 0.29) is 11.7 Å². The summed E-state index contributed by atoms with van der Waals surface area (Å²) in [7, 11) is 3.62. The Kier molecular flexibility index (Phi) is 4.94. The number of halogens is 1. The predicted octanol–water partition coefficient (Wildman–Crippen LogP) is 2.56. The van der Waals surface area contributed by atoms with Crippen LogP contribution in [0.3, 0.4) is 0 Å². The van der Waals surface area contributed by atoms with Crippen molar-refractivity contribution in [1.29, 1.82) is 0 Å². The molecule has 6 heteroatoms. The van der Waals surface area contributed by atoms with Crippen LogP contribution in [0.4, 0.5) is 4.39 Å². The molecule has 24 heavy (non-hydrogen) atoms. The zero-order valence-electron chi connectivity index (χ0n) is 14.1. The number of likely N-dealkylation sites (N-methyl/N-ethyl adjacent to an activating group) is 1. The number of nitrogens with one attached hydrogen (secondary N) is 1. The van der Waals surface area contributed by atoms with E-state index in [1.54, 1.807) is 29.3 Å². The normalized spacial score (nSPS) is 17.2. The van der Waals surface area contributed by atoms with Crippen molar-refractivity contribution in [3.05, 3.63) is 53.6 Å². The first-order chi connectivity index (χ1) is 11.6. The summed E-state index contributed by atoms with van der Waals surface area (Å²) in [6.45, 7) is 1.36. The van der Waals surface area contributed by atoms with Gasteiger partial charge in [-0.2, -0.15) is 5.10 Å². The van der Waals surface area contributed by atoms with E-state index in [0.717, 1.165) is 18.5 Å². The Morgan fingerprint density at radius 1 is 1.29 bits per heavy atom. The summed E-state index contributed by atoms with van der Waals surface area (Å²) >= 11 is 0. The molecule has 1 aliphatic heterocycles. The van der Waals surface area contributed by atoms with Crippen LogP contribution in [-0.4, -0.2) is 53.1 Å². The molecule has 5 nitrogen and oxygen atoms in total. The van der Waals surface area contributed by atoms with E-state index < -0.39 is 6.04 Å². The molecule has 2 aromatic rings.